The van der Waals surface area contributed by atoms with Crippen molar-refractivity contribution in [3.8, 4) is 0 Å². The molecule has 0 N–H and O–H groups in total. The predicted octanol–water partition coefficient (Wildman–Crippen LogP) is 6.74. The number of aryl methyl sites for hydroxylation is 2. The number of benzene rings is 3. The fourth-order valence-electron chi connectivity index (χ4n) is 3.16. The summed E-state index contributed by atoms with van der Waals surface area (Å²) >= 11 is 1.78. The van der Waals surface area contributed by atoms with Crippen LogP contribution in [0, 0.1) is 6.92 Å². The zero-order valence-corrected chi connectivity index (χ0v) is 15.7. The van der Waals surface area contributed by atoms with Crippen LogP contribution in [0.5, 0.6) is 0 Å². The van der Waals surface area contributed by atoms with Gasteiger partial charge in [-0.25, -0.2) is 4.99 Å². The van der Waals surface area contributed by atoms with E-state index >= 15 is 0 Å². The van der Waals surface area contributed by atoms with Crippen molar-refractivity contribution in [2.75, 3.05) is 0 Å². The van der Waals surface area contributed by atoms with E-state index in [0.29, 0.717) is 0 Å². The summed E-state index contributed by atoms with van der Waals surface area (Å²) in [5.74, 6) is 0. The molecule has 1 nitrogen and oxygen atoms in total. The maximum absolute atomic E-state index is 5.03. The second-order valence-electron chi connectivity index (χ2n) is 6.53. The first-order valence-corrected chi connectivity index (χ1v) is 9.82. The van der Waals surface area contributed by atoms with Crippen LogP contribution in [0.1, 0.15) is 23.1 Å². The molecule has 26 heavy (non-hydrogen) atoms. The van der Waals surface area contributed by atoms with Crippen LogP contribution in [0.25, 0.3) is 0 Å². The van der Waals surface area contributed by atoms with E-state index in [-0.39, 0.29) is 0 Å². The van der Waals surface area contributed by atoms with Crippen molar-refractivity contribution in [3.05, 3.63) is 107 Å². The summed E-state index contributed by atoms with van der Waals surface area (Å²) in [7, 11) is 0. The first kappa shape index (κ1) is 16.9. The van der Waals surface area contributed by atoms with Gasteiger partial charge in [-0.3, -0.25) is 0 Å². The van der Waals surface area contributed by atoms with Crippen molar-refractivity contribution in [1.82, 2.24) is 0 Å². The lowest BCUT2D eigenvalue weighted by atomic mass is 9.87. The summed E-state index contributed by atoms with van der Waals surface area (Å²) in [6.45, 7) is 2.11. The highest BCUT2D eigenvalue weighted by molar-refractivity contribution is 8.02. The smallest absolute Gasteiger partial charge is 0.0749 e. The number of hydrogen-bond acceptors (Lipinski definition) is 2. The normalized spacial score (nSPS) is 16.7. The average Bonchev–Trinajstić information content (AvgIpc) is 2.70. The van der Waals surface area contributed by atoms with E-state index in [1.54, 1.807) is 11.8 Å². The molecular weight excluding hydrogens is 334 g/mol. The van der Waals surface area contributed by atoms with Gasteiger partial charge in [0.1, 0.15) is 0 Å². The number of rotatable bonds is 3. The molecule has 0 aromatic heterocycles. The number of hydrogen-bond donors (Lipinski definition) is 0. The molecule has 0 spiro atoms. The third-order valence-corrected chi connectivity index (χ3v) is 5.54. The van der Waals surface area contributed by atoms with Crippen molar-refractivity contribution in [2.45, 2.75) is 24.7 Å². The third-order valence-electron chi connectivity index (χ3n) is 4.60. The summed E-state index contributed by atoms with van der Waals surface area (Å²) < 4.78 is 0. The lowest BCUT2D eigenvalue weighted by Gasteiger charge is -2.21. The Kier molecular flexibility index (Phi) is 5.03. The predicted molar refractivity (Wildman–Crippen MR) is 113 cm³/mol. The van der Waals surface area contributed by atoms with Gasteiger partial charge in [-0.2, -0.15) is 0 Å². The summed E-state index contributed by atoms with van der Waals surface area (Å²) in [4.78, 5) is 6.29. The van der Waals surface area contributed by atoms with E-state index < -0.39 is 0 Å². The summed E-state index contributed by atoms with van der Waals surface area (Å²) in [5.41, 5.74) is 7.35. The zero-order valence-electron chi connectivity index (χ0n) is 14.9. The highest BCUT2D eigenvalue weighted by atomic mass is 32.2. The Hall–Kier alpha value is -2.58. The first-order valence-electron chi connectivity index (χ1n) is 8.94. The Morgan fingerprint density at radius 1 is 0.808 bits per heavy atom. The maximum atomic E-state index is 5.03. The molecule has 0 amide bonds. The van der Waals surface area contributed by atoms with E-state index in [1.807, 2.05) is 0 Å². The lowest BCUT2D eigenvalue weighted by molar-refractivity contribution is 0.952. The van der Waals surface area contributed by atoms with Gasteiger partial charge in [-0.15, -0.1) is 0 Å². The van der Waals surface area contributed by atoms with E-state index in [9.17, 15) is 0 Å². The molecule has 3 aromatic rings. The molecule has 0 radical (unpaired) electrons. The monoisotopic (exact) mass is 355 g/mol. The van der Waals surface area contributed by atoms with Crippen molar-refractivity contribution in [2.24, 2.45) is 4.99 Å². The van der Waals surface area contributed by atoms with Gasteiger partial charge in [0.2, 0.25) is 0 Å². The minimum absolute atomic E-state index is 1.01. The van der Waals surface area contributed by atoms with Crippen molar-refractivity contribution in [1.29, 1.82) is 0 Å². The number of thioether (sulfide) groups is 1. The van der Waals surface area contributed by atoms with Gasteiger partial charge in [0.05, 0.1) is 11.4 Å². The Morgan fingerprint density at radius 3 is 2.35 bits per heavy atom. The van der Waals surface area contributed by atoms with Gasteiger partial charge in [-0.05, 0) is 60.6 Å². The van der Waals surface area contributed by atoms with E-state index in [4.69, 9.17) is 4.99 Å². The maximum Gasteiger partial charge on any atom is 0.0749 e. The minimum Gasteiger partial charge on any atom is -0.248 e. The zero-order chi connectivity index (χ0) is 17.8. The highest BCUT2D eigenvalue weighted by Gasteiger charge is 2.19. The molecule has 0 unspecified atom stereocenters. The first-order chi connectivity index (χ1) is 12.8. The molecular formula is C24H21NS. The van der Waals surface area contributed by atoms with Crippen LogP contribution in [0.3, 0.4) is 0 Å². The quantitative estimate of drug-likeness (QED) is 0.474. The summed E-state index contributed by atoms with van der Waals surface area (Å²) in [5, 5.41) is 2.28. The van der Waals surface area contributed by atoms with Gasteiger partial charge >= 0.3 is 0 Å². The van der Waals surface area contributed by atoms with Gasteiger partial charge in [0, 0.05) is 10.5 Å². The molecule has 2 heteroatoms. The molecule has 0 saturated heterocycles. The van der Waals surface area contributed by atoms with Crippen LogP contribution in [0.15, 0.2) is 99.7 Å². The minimum atomic E-state index is 1.01. The molecule has 0 saturated carbocycles. The Bertz CT molecular complexity index is 953. The fourth-order valence-corrected chi connectivity index (χ4v) is 3.99. The SMILES string of the molecule is Cc1ccc(N=C2C(=CSc3ccccc3)CCc3ccccc32)cc1. The van der Waals surface area contributed by atoms with Crippen molar-refractivity contribution in [3.63, 3.8) is 0 Å². The van der Waals surface area contributed by atoms with E-state index in [2.05, 4.69) is 91.2 Å². The van der Waals surface area contributed by atoms with E-state index in [1.165, 1.54) is 27.2 Å². The molecule has 0 atom stereocenters. The molecule has 0 heterocycles. The fraction of sp³-hybridized carbons (Fsp3) is 0.125. The molecule has 3 aromatic carbocycles. The van der Waals surface area contributed by atoms with Gasteiger partial charge in [0.25, 0.3) is 0 Å². The molecule has 1 aliphatic rings. The molecule has 4 rings (SSSR count). The average molecular weight is 356 g/mol. The Morgan fingerprint density at radius 2 is 1.54 bits per heavy atom. The van der Waals surface area contributed by atoms with E-state index in [0.717, 1.165) is 24.2 Å². The van der Waals surface area contributed by atoms with Crippen molar-refractivity contribution < 1.29 is 0 Å². The molecule has 0 aliphatic heterocycles. The summed E-state index contributed by atoms with van der Waals surface area (Å²) in [6.07, 6.45) is 2.10. The van der Waals surface area contributed by atoms with Crippen LogP contribution < -0.4 is 0 Å². The standard InChI is InChI=1S/C24H21NS/c1-18-11-15-21(16-12-18)25-24-20(17-26-22-8-3-2-4-9-22)14-13-19-7-5-6-10-23(19)24/h2-12,15-17H,13-14H2,1H3. The van der Waals surface area contributed by atoms with Crippen LogP contribution in [-0.4, -0.2) is 5.71 Å². The lowest BCUT2D eigenvalue weighted by Crippen LogP contribution is -2.14. The largest absolute Gasteiger partial charge is 0.248 e. The molecule has 128 valence electrons. The van der Waals surface area contributed by atoms with Crippen LogP contribution in [-0.2, 0) is 6.42 Å². The molecule has 0 bridgehead atoms. The Labute approximate surface area is 159 Å². The highest BCUT2D eigenvalue weighted by Crippen LogP contribution is 2.31. The number of nitrogens with zero attached hydrogens (tertiary/aromatic N) is 1. The second-order valence-corrected chi connectivity index (χ2v) is 7.47. The number of aliphatic imine (C=N–C) groups is 1. The molecule has 1 aliphatic carbocycles. The van der Waals surface area contributed by atoms with Gasteiger partial charge in [0.15, 0.2) is 0 Å². The van der Waals surface area contributed by atoms with Gasteiger partial charge in [-0.1, -0.05) is 71.9 Å². The topological polar surface area (TPSA) is 12.4 Å². The molecule has 0 fully saturated rings. The van der Waals surface area contributed by atoms with Crippen LogP contribution in [0.4, 0.5) is 5.69 Å². The van der Waals surface area contributed by atoms with Crippen LogP contribution in [0.2, 0.25) is 0 Å². The van der Waals surface area contributed by atoms with Gasteiger partial charge < -0.3 is 0 Å². The Balaban J connectivity index is 1.74. The summed E-state index contributed by atoms with van der Waals surface area (Å²) in [6, 6.07) is 27.6. The van der Waals surface area contributed by atoms with Crippen molar-refractivity contribution >= 4 is 23.2 Å². The number of fused-ring (bicyclic) bond motifs is 1. The number of allylic oxidation sites excluding steroid dienone is 1. The third kappa shape index (κ3) is 3.81. The second kappa shape index (κ2) is 7.76. The van der Waals surface area contributed by atoms with Crippen LogP contribution >= 0.6 is 11.8 Å².